The number of ether oxygens (including phenoxy) is 16. The molecule has 0 bridgehead atoms. The molecular weight excluding hydrogens is 1880 g/mol. The number of hydrogen-bond acceptors (Lipinski definition) is 31. The SMILES string of the molecule is C.CCOC(=O)C(C)(C)S.CCOC(=O)C(C)(C)Sc1ccc2cncc(-c3ccc(C#N)c4c3OCCO4)c2c1.N#Cc1ccc(-c2cncc3ccc(Br)cc23)c2c1OCCO2.N#Cc1ccc(B(O)O)c2c1OCCO2.N#Cc1ccc(Br)c2c1OCCO2.Nc1ccc(Br)c2c1OCCO2.Nc1cccc2c1OCCO2.O=C(O)c1cccc2c1OCCO2. The maximum atomic E-state index is 12.3. The van der Waals surface area contributed by atoms with Crippen molar-refractivity contribution in [2.24, 2.45) is 0 Å². The van der Waals surface area contributed by atoms with E-state index in [9.17, 15) is 24.9 Å². The largest absolute Gasteiger partial charge is 0.492 e. The number of benzene rings is 9. The van der Waals surface area contributed by atoms with E-state index in [0.717, 1.165) is 67.9 Å². The number of para-hydroxylation sites is 2. The molecule has 7 aliphatic rings. The first-order valence-corrected chi connectivity index (χ1v) is 43.0. The normalized spacial score (nSPS) is 13.2. The van der Waals surface area contributed by atoms with Gasteiger partial charge in [-0.1, -0.05) is 53.7 Å². The Bertz CT molecular complexity index is 6010. The molecule has 0 saturated heterocycles. The van der Waals surface area contributed by atoms with Gasteiger partial charge in [-0.15, -0.1) is 11.8 Å². The Morgan fingerprint density at radius 2 is 0.828 bits per heavy atom. The minimum Gasteiger partial charge on any atom is -0.486 e. The molecule has 9 aromatic carbocycles. The number of anilines is 2. The van der Waals surface area contributed by atoms with Crippen molar-refractivity contribution in [3.05, 3.63) is 199 Å². The number of carboxylic acids is 1. The number of nitrogens with two attached hydrogens (primary N) is 2. The third kappa shape index (κ3) is 24.2. The van der Waals surface area contributed by atoms with E-state index < -0.39 is 22.6 Å². The van der Waals surface area contributed by atoms with Crippen LogP contribution in [0.1, 0.15) is 81.6 Å². The van der Waals surface area contributed by atoms with Crippen molar-refractivity contribution >= 4 is 136 Å². The number of nitrogens with zero attached hydrogens (tertiary/aromatic N) is 6. The molecule has 0 amide bonds. The number of thiol groups is 1. The fraction of sp³-hybridized carbons (Fsp3) is 0.272. The number of hydrogen-bond donors (Lipinski definition) is 6. The van der Waals surface area contributed by atoms with Crippen LogP contribution in [0.15, 0.2) is 177 Å². The number of esters is 2. The van der Waals surface area contributed by atoms with Crippen molar-refractivity contribution in [2.45, 2.75) is 63.4 Å². The van der Waals surface area contributed by atoms with Gasteiger partial charge in [-0.2, -0.15) is 33.7 Å². The minimum atomic E-state index is -1.63. The average molecular weight is 1970 g/mol. The van der Waals surface area contributed by atoms with Gasteiger partial charge in [0.05, 0.1) is 55.8 Å². The lowest BCUT2D eigenvalue weighted by atomic mass is 9.78. The lowest BCUT2D eigenvalue weighted by Gasteiger charge is -2.23. The standard InChI is InChI=1S/C24H22N2O4S.C18H11BrN2O2.C9H8BNO4.C9H6BrNO2.C9H8O4.C8H8BrNO2.C8H9NO2.C6H12O2S.CH4/c1-4-28-23(27)24(2,3)31-17-7-5-16-13-26-14-20(19(16)11-17)18-8-6-15(12-25)21-22(18)30-10-9-29-21;19-13-3-1-12-9-21-10-16(15(12)7-13)14-4-2-11(8-20)17-18(14)23-6-5-22-17;11-5-6-1-2-7(10(12)13)9-8(6)14-3-4-15-9;10-7-2-1-6(5-11)8-9(7)13-4-3-12-8;10-9(11)6-2-1-3-7-8(6)13-5-4-12-7;9-5-1-2-6(10)8-7(5)11-3-4-12-8;9-6-2-1-3-7-8(6)11-5-4-10-7;1-4-8-5(7)6(2,3)9;/h5-8,11,13-14H,4,9-10H2,1-3H3;1-4,7,9-10H,5-6H2;1-2,12-13H,3-4H2;1-2H,3-4H2;1-3H,4-5H2,(H,10,11);1-2H,3-4,10H2;1-3H,4-5,9H2;9H,4H2,1-3H3;1H4. The van der Waals surface area contributed by atoms with Crippen LogP contribution in [0.5, 0.6) is 80.5 Å². The molecule has 36 heteroatoms. The quantitative estimate of drug-likeness (QED) is 0.0243. The van der Waals surface area contributed by atoms with Gasteiger partial charge in [-0.25, -0.2) is 4.79 Å². The van der Waals surface area contributed by atoms with Crippen LogP contribution in [0, 0.1) is 45.3 Å². The molecule has 7 aliphatic heterocycles. The number of carbonyl (C=O) groups is 3. The second-order valence-electron chi connectivity index (χ2n) is 28.1. The van der Waals surface area contributed by atoms with Crippen LogP contribution < -0.4 is 83.2 Å². The summed E-state index contributed by atoms with van der Waals surface area (Å²) < 4.78 is 87.4. The molecular formula is C92H88BBr3N8O22S2. The summed E-state index contributed by atoms with van der Waals surface area (Å²) in [6.07, 6.45) is 7.23. The molecule has 0 unspecified atom stereocenters. The van der Waals surface area contributed by atoms with Gasteiger partial charge >= 0.3 is 25.0 Å². The highest BCUT2D eigenvalue weighted by molar-refractivity contribution is 9.11. The zero-order valence-corrected chi connectivity index (χ0v) is 75.8. The monoisotopic (exact) mass is 1970 g/mol. The minimum absolute atomic E-state index is 0. The molecule has 0 saturated carbocycles. The molecule has 18 rings (SSSR count). The van der Waals surface area contributed by atoms with E-state index in [-0.39, 0.29) is 41.9 Å². The second kappa shape index (κ2) is 46.0. The summed E-state index contributed by atoms with van der Waals surface area (Å²) in [6, 6.07) is 48.0. The van der Waals surface area contributed by atoms with Crippen molar-refractivity contribution in [1.82, 2.24) is 9.97 Å². The third-order valence-electron chi connectivity index (χ3n) is 18.5. The average Bonchev–Trinajstić information content (AvgIpc) is 0.768. The molecule has 128 heavy (non-hydrogen) atoms. The van der Waals surface area contributed by atoms with Crippen LogP contribution in [0.4, 0.5) is 11.4 Å². The highest BCUT2D eigenvalue weighted by Gasteiger charge is 2.33. The van der Waals surface area contributed by atoms with Crippen LogP contribution >= 0.6 is 72.2 Å². The first kappa shape index (κ1) is 97.3. The first-order chi connectivity index (χ1) is 61.2. The van der Waals surface area contributed by atoms with Crippen LogP contribution in [-0.2, 0) is 19.1 Å². The van der Waals surface area contributed by atoms with Crippen molar-refractivity contribution in [2.75, 3.05) is 117 Å². The molecule has 0 aliphatic carbocycles. The lowest BCUT2D eigenvalue weighted by Crippen LogP contribution is -2.34. The number of rotatable bonds is 10. The van der Waals surface area contributed by atoms with Gasteiger partial charge in [0.25, 0.3) is 0 Å². The summed E-state index contributed by atoms with van der Waals surface area (Å²) in [5, 5.41) is 67.3. The van der Waals surface area contributed by atoms with E-state index in [0.29, 0.717) is 203 Å². The Morgan fingerprint density at radius 3 is 1.30 bits per heavy atom. The molecule has 0 atom stereocenters. The molecule has 2 aromatic heterocycles. The van der Waals surface area contributed by atoms with Crippen LogP contribution in [-0.4, -0.2) is 165 Å². The lowest BCUT2D eigenvalue weighted by molar-refractivity contribution is -0.145. The van der Waals surface area contributed by atoms with Gasteiger partial charge in [-0.05, 0) is 187 Å². The molecule has 9 heterocycles. The smallest absolute Gasteiger partial charge is 0.486 e. The van der Waals surface area contributed by atoms with Crippen molar-refractivity contribution in [3.8, 4) is 127 Å². The zero-order valence-electron chi connectivity index (χ0n) is 69.3. The Labute approximate surface area is 773 Å². The zero-order chi connectivity index (χ0) is 90.9. The van der Waals surface area contributed by atoms with Gasteiger partial charge in [0.1, 0.15) is 132 Å². The number of carboxylic acid groups (broad SMARTS) is 1. The second-order valence-corrected chi connectivity index (χ2v) is 33.5. The van der Waals surface area contributed by atoms with E-state index in [4.69, 9.17) is 113 Å². The summed E-state index contributed by atoms with van der Waals surface area (Å²) in [4.78, 5) is 43.5. The van der Waals surface area contributed by atoms with Gasteiger partial charge in [-0.3, -0.25) is 19.6 Å². The number of pyridine rings is 2. The Hall–Kier alpha value is -12.9. The van der Waals surface area contributed by atoms with E-state index in [1.54, 1.807) is 88.6 Å². The van der Waals surface area contributed by atoms with Crippen LogP contribution in [0.25, 0.3) is 43.8 Å². The number of aromatic nitrogens is 2. The van der Waals surface area contributed by atoms with Gasteiger partial charge in [0, 0.05) is 72.6 Å². The number of carbonyl (C=O) groups excluding carboxylic acids is 2. The van der Waals surface area contributed by atoms with E-state index in [1.165, 1.54) is 30.0 Å². The Morgan fingerprint density at radius 1 is 0.445 bits per heavy atom. The topological polar surface area (TPSA) is 433 Å². The predicted molar refractivity (Wildman–Crippen MR) is 494 cm³/mol. The van der Waals surface area contributed by atoms with Crippen molar-refractivity contribution in [3.63, 3.8) is 0 Å². The number of halogens is 3. The fourth-order valence-corrected chi connectivity index (χ4v) is 15.0. The summed E-state index contributed by atoms with van der Waals surface area (Å²) >= 11 is 15.7. The number of nitrogen functional groups attached to an aromatic ring is 2. The number of aromatic carboxylic acids is 1. The van der Waals surface area contributed by atoms with Gasteiger partial charge < -0.3 is 102 Å². The third-order valence-corrected chi connectivity index (χ3v) is 21.6. The maximum Gasteiger partial charge on any atom is 0.492 e. The summed E-state index contributed by atoms with van der Waals surface area (Å²) in [7, 11) is -1.63. The van der Waals surface area contributed by atoms with E-state index in [1.807, 2.05) is 93.0 Å². The number of nitriles is 4. The molecule has 7 N–H and O–H groups in total. The van der Waals surface area contributed by atoms with Crippen LogP contribution in [0.2, 0.25) is 0 Å². The summed E-state index contributed by atoms with van der Waals surface area (Å²) in [6.45, 7) is 18.1. The molecule has 30 nitrogen and oxygen atoms in total. The number of fused-ring (bicyclic) bond motifs is 9. The molecule has 0 fully saturated rings. The highest BCUT2D eigenvalue weighted by atomic mass is 79.9. The molecule has 0 spiro atoms. The summed E-state index contributed by atoms with van der Waals surface area (Å²) in [5.41, 5.74) is 18.2. The highest BCUT2D eigenvalue weighted by Crippen LogP contribution is 2.49. The van der Waals surface area contributed by atoms with E-state index >= 15 is 0 Å². The molecule has 664 valence electrons. The van der Waals surface area contributed by atoms with Gasteiger partial charge in [0.15, 0.2) is 80.5 Å². The summed E-state index contributed by atoms with van der Waals surface area (Å²) in [5.74, 6) is 5.98. The Kier molecular flexibility index (Phi) is 35.0. The maximum absolute atomic E-state index is 12.3. The number of thioether (sulfide) groups is 1. The Balaban J connectivity index is 0.000000158. The van der Waals surface area contributed by atoms with Gasteiger partial charge in [0.2, 0.25) is 0 Å². The van der Waals surface area contributed by atoms with Crippen molar-refractivity contribution in [1.29, 1.82) is 21.0 Å². The predicted octanol–water partition coefficient (Wildman–Crippen LogP) is 16.3. The van der Waals surface area contributed by atoms with Crippen LogP contribution in [0.3, 0.4) is 0 Å². The molecule has 11 aromatic rings. The molecule has 0 radical (unpaired) electrons. The van der Waals surface area contributed by atoms with Crippen molar-refractivity contribution < 1.29 is 105 Å². The first-order valence-electron chi connectivity index (χ1n) is 39.3. The van der Waals surface area contributed by atoms with E-state index in [2.05, 4.69) is 94.7 Å². The fourth-order valence-electron chi connectivity index (χ4n) is 12.7.